The van der Waals surface area contributed by atoms with E-state index in [0.717, 1.165) is 0 Å². The number of aliphatic hydroxyl groups is 3. The van der Waals surface area contributed by atoms with Gasteiger partial charge in [-0.05, 0) is 65.2 Å². The van der Waals surface area contributed by atoms with Crippen LogP contribution >= 0.6 is 0 Å². The first kappa shape index (κ1) is 48.4. The zero-order valence-electron chi connectivity index (χ0n) is 33.0. The van der Waals surface area contributed by atoms with Crippen LogP contribution < -0.4 is 31.4 Å². The summed E-state index contributed by atoms with van der Waals surface area (Å²) in [5, 5.41) is 49.0. The van der Waals surface area contributed by atoms with Crippen LogP contribution in [0.5, 0.6) is 5.75 Å². The number of carboxylic acids is 1. The lowest BCUT2D eigenvalue weighted by atomic mass is 9.99. The maximum atomic E-state index is 13.9. The van der Waals surface area contributed by atoms with Crippen molar-refractivity contribution in [2.45, 2.75) is 79.0 Å². The maximum absolute atomic E-state index is 13.9. The second-order valence-electron chi connectivity index (χ2n) is 12.6. The molecule has 8 N–H and O–H groups in total. The number of aromatic nitrogens is 1. The fraction of sp³-hybridized carbons (Fsp3) is 0.447. The van der Waals surface area contributed by atoms with Crippen molar-refractivity contribution >= 4 is 37.1 Å². The number of nitrogens with one attached hydrogen (secondary N) is 4. The van der Waals surface area contributed by atoms with Crippen LogP contribution in [-0.2, 0) is 30.4 Å². The smallest absolute Gasteiger partial charge is 0.463 e. The monoisotopic (exact) mass is 785 g/mol. The standard InChI is InChI=1S/C38H56BN5O12/c1-8-12-14-28(30(47)10-3)22-44-21-25(5)35(34(36(44)52)42-37(53)41-29(20-33(50)51)27(13-9-2)19-26(6)46)56-39-43-32(49)24-54-23-31(48)40-16-18-55-38(7,11-4)15-17-45/h8-10,12-14,19,21,29,39,45-47H,6,11,15-18,20,22-24H2,1-5,7H3,(H,40,48)(H,43,49)(H,50,51)(H2,41,42,53)/b12-8-,13-9-,27-19+,28-14-,30-10+/t29-,38?/m0/s1. The van der Waals surface area contributed by atoms with Gasteiger partial charge in [-0.3, -0.25) is 19.2 Å². The van der Waals surface area contributed by atoms with E-state index in [2.05, 4.69) is 27.8 Å². The molecule has 17 nitrogen and oxygen atoms in total. The Morgan fingerprint density at radius 1 is 1.09 bits per heavy atom. The average Bonchev–Trinajstić information content (AvgIpc) is 3.13. The van der Waals surface area contributed by atoms with Gasteiger partial charge in [-0.15, -0.1) is 0 Å². The third-order valence-electron chi connectivity index (χ3n) is 8.08. The highest BCUT2D eigenvalue weighted by Gasteiger charge is 2.24. The van der Waals surface area contributed by atoms with Crippen LogP contribution in [0.1, 0.15) is 59.4 Å². The molecule has 0 radical (unpaired) electrons. The van der Waals surface area contributed by atoms with E-state index >= 15 is 0 Å². The zero-order valence-corrected chi connectivity index (χ0v) is 33.0. The molecule has 1 aromatic rings. The molecular formula is C38H56BN5O12. The Morgan fingerprint density at radius 2 is 1.79 bits per heavy atom. The van der Waals surface area contributed by atoms with E-state index in [-0.39, 0.29) is 54.8 Å². The number of aliphatic hydroxyl groups excluding tert-OH is 3. The predicted molar refractivity (Wildman–Crippen MR) is 214 cm³/mol. The number of carboxylic acid groups (broad SMARTS) is 1. The molecule has 1 aromatic heterocycles. The van der Waals surface area contributed by atoms with Crippen LogP contribution in [0.15, 0.2) is 82.8 Å². The number of ether oxygens (including phenoxy) is 2. The number of hydrogen-bond acceptors (Lipinski definition) is 11. The zero-order chi connectivity index (χ0) is 42.3. The van der Waals surface area contributed by atoms with Crippen LogP contribution in [-0.4, -0.2) is 101 Å². The minimum absolute atomic E-state index is 0.0205. The lowest BCUT2D eigenvalue weighted by molar-refractivity contribution is -0.137. The highest BCUT2D eigenvalue weighted by atomic mass is 16.5. The fourth-order valence-corrected chi connectivity index (χ4v) is 4.99. The molecule has 4 amide bonds. The molecule has 1 unspecified atom stereocenters. The summed E-state index contributed by atoms with van der Waals surface area (Å²) in [5.41, 5.74) is -0.728. The Morgan fingerprint density at radius 3 is 2.38 bits per heavy atom. The molecule has 18 heteroatoms. The summed E-state index contributed by atoms with van der Waals surface area (Å²) >= 11 is 0. The van der Waals surface area contributed by atoms with Crippen LogP contribution in [0.25, 0.3) is 0 Å². The van der Waals surface area contributed by atoms with Gasteiger partial charge in [-0.25, -0.2) is 4.79 Å². The molecule has 56 heavy (non-hydrogen) atoms. The average molecular weight is 786 g/mol. The molecule has 0 saturated heterocycles. The van der Waals surface area contributed by atoms with E-state index in [0.29, 0.717) is 24.0 Å². The normalized spacial score (nSPS) is 13.9. The third kappa shape index (κ3) is 17.7. The Bertz CT molecular complexity index is 1730. The Hall–Kier alpha value is -5.59. The molecule has 0 aliphatic rings. The van der Waals surface area contributed by atoms with Gasteiger partial charge < -0.3 is 60.3 Å². The number of anilines is 1. The van der Waals surface area contributed by atoms with Crippen LogP contribution in [0.2, 0.25) is 0 Å². The van der Waals surface area contributed by atoms with E-state index in [9.17, 15) is 44.4 Å². The number of hydrogen-bond donors (Lipinski definition) is 8. The topological polar surface area (TPSA) is 247 Å². The molecule has 0 aromatic carbocycles. The van der Waals surface area contributed by atoms with E-state index in [1.54, 1.807) is 52.0 Å². The number of pyridine rings is 1. The molecule has 2 atom stereocenters. The molecule has 308 valence electrons. The summed E-state index contributed by atoms with van der Waals surface area (Å²) in [6.07, 6.45) is 12.7. The fourth-order valence-electron chi connectivity index (χ4n) is 4.99. The quantitative estimate of drug-likeness (QED) is 0.0309. The van der Waals surface area contributed by atoms with Crippen molar-refractivity contribution in [1.29, 1.82) is 0 Å². The van der Waals surface area contributed by atoms with Gasteiger partial charge in [-0.2, -0.15) is 0 Å². The minimum atomic E-state index is -1.26. The molecule has 0 aliphatic carbocycles. The summed E-state index contributed by atoms with van der Waals surface area (Å²) in [6, 6.07) is -2.17. The number of carbonyl (C=O) groups excluding carboxylic acids is 3. The van der Waals surface area contributed by atoms with Crippen molar-refractivity contribution in [3.05, 3.63) is 93.9 Å². The highest BCUT2D eigenvalue weighted by molar-refractivity contribution is 6.31. The van der Waals surface area contributed by atoms with Crippen molar-refractivity contribution in [2.75, 3.05) is 38.3 Å². The van der Waals surface area contributed by atoms with Crippen molar-refractivity contribution in [3.8, 4) is 5.75 Å². The second kappa shape index (κ2) is 25.5. The van der Waals surface area contributed by atoms with E-state index in [1.165, 1.54) is 29.0 Å². The summed E-state index contributed by atoms with van der Waals surface area (Å²) in [6.45, 7) is 13.2. The molecule has 0 spiro atoms. The van der Waals surface area contributed by atoms with Gasteiger partial charge in [0.05, 0.1) is 31.2 Å². The summed E-state index contributed by atoms with van der Waals surface area (Å²) in [4.78, 5) is 63.6. The van der Waals surface area contributed by atoms with Crippen molar-refractivity contribution in [1.82, 2.24) is 20.4 Å². The number of nitrogens with zero attached hydrogens (tertiary/aromatic N) is 1. The van der Waals surface area contributed by atoms with Gasteiger partial charge in [0.1, 0.15) is 36.2 Å². The third-order valence-corrected chi connectivity index (χ3v) is 8.08. The van der Waals surface area contributed by atoms with Crippen molar-refractivity contribution in [3.63, 3.8) is 0 Å². The lowest BCUT2D eigenvalue weighted by Gasteiger charge is -2.28. The predicted octanol–water partition coefficient (Wildman–Crippen LogP) is 3.12. The van der Waals surface area contributed by atoms with E-state index in [1.807, 2.05) is 13.8 Å². The van der Waals surface area contributed by atoms with Crippen molar-refractivity contribution in [2.24, 2.45) is 0 Å². The first-order valence-electron chi connectivity index (χ1n) is 18.0. The molecular weight excluding hydrogens is 729 g/mol. The van der Waals surface area contributed by atoms with Crippen molar-refractivity contribution < 1.29 is 53.7 Å². The number of amides is 4. The molecule has 0 saturated carbocycles. The molecule has 1 rings (SSSR count). The van der Waals surface area contributed by atoms with Crippen LogP contribution in [0, 0.1) is 6.92 Å². The Labute approximate surface area is 327 Å². The first-order chi connectivity index (χ1) is 26.5. The number of aliphatic carboxylic acids is 1. The van der Waals surface area contributed by atoms with E-state index in [4.69, 9.17) is 14.1 Å². The largest absolute Gasteiger partial charge is 0.542 e. The van der Waals surface area contributed by atoms with E-state index < -0.39 is 68.3 Å². The molecule has 0 bridgehead atoms. The molecule has 0 aliphatic heterocycles. The number of rotatable bonds is 25. The molecule has 0 fully saturated rings. The number of allylic oxidation sites excluding steroid dienone is 7. The van der Waals surface area contributed by atoms with Crippen LogP contribution in [0.4, 0.5) is 10.5 Å². The number of aryl methyl sites for hydroxylation is 1. The van der Waals surface area contributed by atoms with Gasteiger partial charge in [0.15, 0.2) is 0 Å². The lowest BCUT2D eigenvalue weighted by Crippen LogP contribution is -2.42. The highest BCUT2D eigenvalue weighted by Crippen LogP contribution is 2.26. The van der Waals surface area contributed by atoms with Crippen LogP contribution in [0.3, 0.4) is 0 Å². The minimum Gasteiger partial charge on any atom is -0.542 e. The van der Waals surface area contributed by atoms with Gasteiger partial charge in [0, 0.05) is 30.5 Å². The Kier molecular flexibility index (Phi) is 22.0. The van der Waals surface area contributed by atoms with Gasteiger partial charge in [0.25, 0.3) is 5.56 Å². The number of carbonyl (C=O) groups is 4. The molecule has 1 heterocycles. The summed E-state index contributed by atoms with van der Waals surface area (Å²) in [5.74, 6) is -3.00. The van der Waals surface area contributed by atoms with Gasteiger partial charge in [0.2, 0.25) is 11.8 Å². The number of urea groups is 1. The second-order valence-corrected chi connectivity index (χ2v) is 12.6. The Balaban J connectivity index is 3.22. The summed E-state index contributed by atoms with van der Waals surface area (Å²) < 4.78 is 17.9. The van der Waals surface area contributed by atoms with Gasteiger partial charge >= 0.3 is 19.6 Å². The summed E-state index contributed by atoms with van der Waals surface area (Å²) in [7, 11) is -0.489. The van der Waals surface area contributed by atoms with Gasteiger partial charge in [-0.1, -0.05) is 43.9 Å². The maximum Gasteiger partial charge on any atom is 0.463 e. The SMILES string of the molecule is C=C(O)/C=C(\C=C/C)[C@H](CC(=O)O)NC(=O)Nc1c(OBNC(=O)COCC(=O)NCCOC(C)(CC)CCO)c(C)cn(CC(=C/C=C\C)/C(O)=C\C)c1=O. The first-order valence-corrected chi connectivity index (χ1v) is 18.0.